The van der Waals surface area contributed by atoms with Gasteiger partial charge < -0.3 is 24.6 Å². The van der Waals surface area contributed by atoms with Crippen LogP contribution in [0.15, 0.2) is 42.5 Å². The number of benzene rings is 2. The molecule has 7 nitrogen and oxygen atoms in total. The average Bonchev–Trinajstić information content (AvgIpc) is 2.74. The highest BCUT2D eigenvalue weighted by Gasteiger charge is 2.25. The minimum absolute atomic E-state index is 0.0252. The van der Waals surface area contributed by atoms with E-state index in [9.17, 15) is 9.59 Å². The van der Waals surface area contributed by atoms with Crippen LogP contribution in [0.2, 0.25) is 0 Å². The highest BCUT2D eigenvalue weighted by atomic mass is 16.5. The zero-order chi connectivity index (χ0) is 19.5. The van der Waals surface area contributed by atoms with Gasteiger partial charge >= 0.3 is 0 Å². The summed E-state index contributed by atoms with van der Waals surface area (Å²) in [5, 5.41) is 2.74. The van der Waals surface area contributed by atoms with E-state index in [1.165, 1.54) is 0 Å². The first-order chi connectivity index (χ1) is 13.7. The van der Waals surface area contributed by atoms with Crippen LogP contribution in [0.1, 0.15) is 17.3 Å². The Morgan fingerprint density at radius 2 is 1.93 bits per heavy atom. The Labute approximate surface area is 163 Å². The number of hydrogen-bond donors (Lipinski definition) is 1. The van der Waals surface area contributed by atoms with Gasteiger partial charge in [-0.2, -0.15) is 0 Å². The molecule has 0 radical (unpaired) electrons. The molecule has 2 aromatic carbocycles. The predicted octanol–water partition coefficient (Wildman–Crippen LogP) is 2.38. The van der Waals surface area contributed by atoms with Crippen LogP contribution in [0.4, 0.5) is 11.4 Å². The van der Waals surface area contributed by atoms with Crippen LogP contribution in [0.3, 0.4) is 0 Å². The lowest BCUT2D eigenvalue weighted by Crippen LogP contribution is -2.48. The molecule has 0 spiro atoms. The fraction of sp³-hybridized carbons (Fsp3) is 0.333. The molecule has 2 amide bonds. The molecule has 4 rings (SSSR count). The lowest BCUT2D eigenvalue weighted by atomic mass is 10.1. The number of fused-ring (bicyclic) bond motifs is 1. The summed E-state index contributed by atoms with van der Waals surface area (Å²) in [5.41, 5.74) is 2.23. The van der Waals surface area contributed by atoms with Crippen LogP contribution < -0.4 is 19.7 Å². The van der Waals surface area contributed by atoms with Gasteiger partial charge in [0.2, 0.25) is 0 Å². The van der Waals surface area contributed by atoms with Gasteiger partial charge in [0, 0.05) is 31.7 Å². The molecule has 2 heterocycles. The molecule has 2 aliphatic heterocycles. The van der Waals surface area contributed by atoms with Crippen molar-refractivity contribution in [3.63, 3.8) is 0 Å². The Morgan fingerprint density at radius 3 is 2.71 bits per heavy atom. The molecule has 0 aromatic heterocycles. The van der Waals surface area contributed by atoms with Crippen LogP contribution >= 0.6 is 0 Å². The Hall–Kier alpha value is -3.22. The van der Waals surface area contributed by atoms with Crippen molar-refractivity contribution < 1.29 is 19.1 Å². The van der Waals surface area contributed by atoms with E-state index in [-0.39, 0.29) is 18.4 Å². The van der Waals surface area contributed by atoms with Gasteiger partial charge in [-0.3, -0.25) is 9.59 Å². The van der Waals surface area contributed by atoms with Gasteiger partial charge in [0.25, 0.3) is 11.8 Å². The summed E-state index contributed by atoms with van der Waals surface area (Å²) in [7, 11) is 0. The van der Waals surface area contributed by atoms with Crippen molar-refractivity contribution in [3.05, 3.63) is 48.0 Å². The normalized spacial score (nSPS) is 16.1. The molecule has 1 saturated heterocycles. The minimum Gasteiger partial charge on any atom is -0.492 e. The SMILES string of the molecule is CCOc1ccccc1N1CCN(C(=O)c2ccc3c(c2)OCC(=O)N3)CC1. The molecular weight excluding hydrogens is 358 g/mol. The van der Waals surface area contributed by atoms with Gasteiger partial charge in [-0.15, -0.1) is 0 Å². The molecule has 0 aliphatic carbocycles. The van der Waals surface area contributed by atoms with Crippen molar-refractivity contribution in [3.8, 4) is 11.5 Å². The predicted molar refractivity (Wildman–Crippen MR) is 106 cm³/mol. The number of anilines is 2. The van der Waals surface area contributed by atoms with E-state index in [2.05, 4.69) is 16.3 Å². The Morgan fingerprint density at radius 1 is 1.14 bits per heavy atom. The van der Waals surface area contributed by atoms with Gasteiger partial charge in [0.15, 0.2) is 6.61 Å². The average molecular weight is 381 g/mol. The van der Waals surface area contributed by atoms with E-state index >= 15 is 0 Å². The topological polar surface area (TPSA) is 71.1 Å². The number of carbonyl (C=O) groups is 2. The number of carbonyl (C=O) groups excluding carboxylic acids is 2. The third kappa shape index (κ3) is 3.60. The van der Waals surface area contributed by atoms with Crippen LogP contribution in [0.5, 0.6) is 11.5 Å². The van der Waals surface area contributed by atoms with Crippen molar-refractivity contribution in [2.45, 2.75) is 6.92 Å². The molecule has 1 fully saturated rings. The van der Waals surface area contributed by atoms with Crippen molar-refractivity contribution in [1.29, 1.82) is 0 Å². The highest BCUT2D eigenvalue weighted by Crippen LogP contribution is 2.31. The first-order valence-electron chi connectivity index (χ1n) is 9.48. The fourth-order valence-electron chi connectivity index (χ4n) is 3.54. The summed E-state index contributed by atoms with van der Waals surface area (Å²) < 4.78 is 11.1. The van der Waals surface area contributed by atoms with Gasteiger partial charge in [-0.1, -0.05) is 12.1 Å². The number of ether oxygens (including phenoxy) is 2. The van der Waals surface area contributed by atoms with Gasteiger partial charge in [0.05, 0.1) is 18.0 Å². The standard InChI is InChI=1S/C21H23N3O4/c1-2-27-18-6-4-3-5-17(18)23-9-11-24(12-10-23)21(26)15-7-8-16-19(13-15)28-14-20(25)22-16/h3-8,13H,2,9-12,14H2,1H3,(H,22,25). The summed E-state index contributed by atoms with van der Waals surface area (Å²) in [5.74, 6) is 1.20. The summed E-state index contributed by atoms with van der Waals surface area (Å²) >= 11 is 0. The van der Waals surface area contributed by atoms with E-state index in [1.54, 1.807) is 18.2 Å². The molecule has 7 heteroatoms. The number of piperazine rings is 1. The largest absolute Gasteiger partial charge is 0.492 e. The van der Waals surface area contributed by atoms with E-state index < -0.39 is 0 Å². The smallest absolute Gasteiger partial charge is 0.262 e. The minimum atomic E-state index is -0.185. The summed E-state index contributed by atoms with van der Waals surface area (Å²) in [6, 6.07) is 13.1. The van der Waals surface area contributed by atoms with E-state index in [1.807, 2.05) is 30.0 Å². The maximum atomic E-state index is 12.9. The molecule has 2 aliphatic rings. The third-order valence-corrected chi connectivity index (χ3v) is 4.93. The summed E-state index contributed by atoms with van der Waals surface area (Å²) in [6.45, 7) is 5.32. The van der Waals surface area contributed by atoms with Crippen molar-refractivity contribution in [2.75, 3.05) is 49.6 Å². The number of rotatable bonds is 4. The third-order valence-electron chi connectivity index (χ3n) is 4.93. The van der Waals surface area contributed by atoms with E-state index in [4.69, 9.17) is 9.47 Å². The highest BCUT2D eigenvalue weighted by molar-refractivity contribution is 5.99. The molecule has 28 heavy (non-hydrogen) atoms. The van der Waals surface area contributed by atoms with Crippen LogP contribution in [0.25, 0.3) is 0 Å². The molecule has 146 valence electrons. The van der Waals surface area contributed by atoms with Crippen molar-refractivity contribution in [1.82, 2.24) is 4.90 Å². The van der Waals surface area contributed by atoms with Crippen LogP contribution in [0, 0.1) is 0 Å². The number of para-hydroxylation sites is 2. The first-order valence-corrected chi connectivity index (χ1v) is 9.48. The summed E-state index contributed by atoms with van der Waals surface area (Å²) in [4.78, 5) is 28.4. The maximum absolute atomic E-state index is 12.9. The molecule has 2 aromatic rings. The Balaban J connectivity index is 1.43. The lowest BCUT2D eigenvalue weighted by Gasteiger charge is -2.36. The van der Waals surface area contributed by atoms with Crippen LogP contribution in [-0.4, -0.2) is 56.1 Å². The van der Waals surface area contributed by atoms with Gasteiger partial charge in [-0.25, -0.2) is 0 Å². The molecule has 0 atom stereocenters. The van der Waals surface area contributed by atoms with Crippen LogP contribution in [-0.2, 0) is 4.79 Å². The number of nitrogens with zero attached hydrogens (tertiary/aromatic N) is 2. The molecule has 1 N–H and O–H groups in total. The quantitative estimate of drug-likeness (QED) is 0.881. The van der Waals surface area contributed by atoms with Gasteiger partial charge in [-0.05, 0) is 37.3 Å². The van der Waals surface area contributed by atoms with Crippen molar-refractivity contribution >= 4 is 23.2 Å². The summed E-state index contributed by atoms with van der Waals surface area (Å²) in [6.07, 6.45) is 0. The molecule has 0 unspecified atom stereocenters. The molecule has 0 saturated carbocycles. The van der Waals surface area contributed by atoms with Crippen molar-refractivity contribution in [2.24, 2.45) is 0 Å². The lowest BCUT2D eigenvalue weighted by molar-refractivity contribution is -0.118. The molecule has 0 bridgehead atoms. The second-order valence-corrected chi connectivity index (χ2v) is 6.73. The number of nitrogens with one attached hydrogen (secondary N) is 1. The molecular formula is C21H23N3O4. The van der Waals surface area contributed by atoms with E-state index in [0.717, 1.165) is 24.5 Å². The Bertz CT molecular complexity index is 891. The number of hydrogen-bond acceptors (Lipinski definition) is 5. The second-order valence-electron chi connectivity index (χ2n) is 6.73. The zero-order valence-corrected chi connectivity index (χ0v) is 15.8. The fourth-order valence-corrected chi connectivity index (χ4v) is 3.54. The van der Waals surface area contributed by atoms with E-state index in [0.29, 0.717) is 36.7 Å². The zero-order valence-electron chi connectivity index (χ0n) is 15.8. The maximum Gasteiger partial charge on any atom is 0.262 e. The number of amides is 2. The van der Waals surface area contributed by atoms with Gasteiger partial charge in [0.1, 0.15) is 11.5 Å². The first kappa shape index (κ1) is 18.2. The Kier molecular flexibility index (Phi) is 5.06. The monoisotopic (exact) mass is 381 g/mol. The second kappa shape index (κ2) is 7.80.